The topological polar surface area (TPSA) is 61.8 Å². The van der Waals surface area contributed by atoms with E-state index in [2.05, 4.69) is 26.0 Å². The van der Waals surface area contributed by atoms with Crippen LogP contribution < -0.4 is 9.47 Å². The first kappa shape index (κ1) is 24.5. The Labute approximate surface area is 202 Å². The van der Waals surface area contributed by atoms with E-state index in [0.29, 0.717) is 32.0 Å². The Morgan fingerprint density at radius 3 is 2.62 bits per heavy atom. The van der Waals surface area contributed by atoms with Crippen molar-refractivity contribution in [2.45, 2.75) is 59.0 Å². The normalized spacial score (nSPS) is 22.6. The Balaban J connectivity index is 1.76. The number of allylic oxidation sites excluding steroid dienone is 1. The molecule has 1 fully saturated rings. The van der Waals surface area contributed by atoms with Crippen molar-refractivity contribution in [1.82, 2.24) is 0 Å². The molecule has 2 aromatic rings. The van der Waals surface area contributed by atoms with E-state index < -0.39 is 0 Å². The molecule has 182 valence electrons. The van der Waals surface area contributed by atoms with Crippen LogP contribution in [0.2, 0.25) is 0 Å². The minimum Gasteiger partial charge on any atom is -0.491 e. The number of methoxy groups -OCH3 is 1. The number of benzene rings is 2. The van der Waals surface area contributed by atoms with Crippen molar-refractivity contribution in [3.8, 4) is 11.5 Å². The van der Waals surface area contributed by atoms with Gasteiger partial charge in [-0.15, -0.1) is 0 Å². The van der Waals surface area contributed by atoms with Crippen molar-refractivity contribution in [1.29, 1.82) is 0 Å². The van der Waals surface area contributed by atoms with Crippen LogP contribution >= 0.6 is 0 Å². The maximum atomic E-state index is 13.7. The summed E-state index contributed by atoms with van der Waals surface area (Å²) < 4.78 is 17.2. The van der Waals surface area contributed by atoms with E-state index in [1.807, 2.05) is 24.3 Å². The SMILES string of the molecule is COCCOc1ccc2c3c(ccc2c1)OC(C)CC=C3C(CCC(C)=O)C(=O)C1CC(C)C1. The molecule has 1 heterocycles. The second kappa shape index (κ2) is 10.7. The first-order chi connectivity index (χ1) is 16.4. The van der Waals surface area contributed by atoms with Gasteiger partial charge in [0.1, 0.15) is 29.7 Å². The van der Waals surface area contributed by atoms with E-state index in [0.717, 1.165) is 52.7 Å². The molecular formula is C29H36O5. The smallest absolute Gasteiger partial charge is 0.143 e. The third-order valence-corrected chi connectivity index (χ3v) is 7.08. The van der Waals surface area contributed by atoms with Crippen molar-refractivity contribution in [2.24, 2.45) is 17.8 Å². The average molecular weight is 465 g/mol. The minimum atomic E-state index is -0.294. The Morgan fingerprint density at radius 2 is 1.91 bits per heavy atom. The zero-order chi connectivity index (χ0) is 24.2. The molecule has 0 aromatic heterocycles. The third-order valence-electron chi connectivity index (χ3n) is 7.08. The minimum absolute atomic E-state index is 0.0117. The largest absolute Gasteiger partial charge is 0.491 e. The number of carbonyl (C=O) groups is 2. The van der Waals surface area contributed by atoms with Gasteiger partial charge in [0.25, 0.3) is 0 Å². The van der Waals surface area contributed by atoms with Gasteiger partial charge in [-0.1, -0.05) is 19.1 Å². The Bertz CT molecular complexity index is 1080. The van der Waals surface area contributed by atoms with Crippen molar-refractivity contribution in [2.75, 3.05) is 20.3 Å². The van der Waals surface area contributed by atoms with Gasteiger partial charge in [0.05, 0.1) is 12.7 Å². The van der Waals surface area contributed by atoms with Crippen LogP contribution in [-0.4, -0.2) is 38.0 Å². The maximum absolute atomic E-state index is 13.7. The summed E-state index contributed by atoms with van der Waals surface area (Å²) in [4.78, 5) is 25.6. The third kappa shape index (κ3) is 5.35. The van der Waals surface area contributed by atoms with E-state index >= 15 is 0 Å². The fraction of sp³-hybridized carbons (Fsp3) is 0.517. The summed E-state index contributed by atoms with van der Waals surface area (Å²) in [6.45, 7) is 6.87. The number of carbonyl (C=O) groups excluding carboxylic acids is 2. The molecule has 1 aliphatic carbocycles. The molecule has 0 spiro atoms. The van der Waals surface area contributed by atoms with Crippen molar-refractivity contribution < 1.29 is 23.8 Å². The molecule has 2 unspecified atom stereocenters. The number of rotatable bonds is 10. The summed E-state index contributed by atoms with van der Waals surface area (Å²) >= 11 is 0. The van der Waals surface area contributed by atoms with Crippen LogP contribution in [0.15, 0.2) is 36.4 Å². The van der Waals surface area contributed by atoms with Crippen LogP contribution in [-0.2, 0) is 14.3 Å². The Morgan fingerprint density at radius 1 is 1.12 bits per heavy atom. The number of ketones is 2. The number of hydrogen-bond acceptors (Lipinski definition) is 5. The molecule has 0 amide bonds. The van der Waals surface area contributed by atoms with Crippen LogP contribution in [0, 0.1) is 17.8 Å². The van der Waals surface area contributed by atoms with Crippen LogP contribution in [0.5, 0.6) is 11.5 Å². The van der Waals surface area contributed by atoms with E-state index in [-0.39, 0.29) is 29.5 Å². The first-order valence-electron chi connectivity index (χ1n) is 12.5. The van der Waals surface area contributed by atoms with Gasteiger partial charge in [-0.3, -0.25) is 4.79 Å². The second-order valence-corrected chi connectivity index (χ2v) is 9.96. The molecular weight excluding hydrogens is 428 g/mol. The van der Waals surface area contributed by atoms with Gasteiger partial charge in [-0.25, -0.2) is 0 Å². The number of hydrogen-bond donors (Lipinski definition) is 0. The summed E-state index contributed by atoms with van der Waals surface area (Å²) in [5.74, 6) is 2.38. The quantitative estimate of drug-likeness (QED) is 0.402. The lowest BCUT2D eigenvalue weighted by Crippen LogP contribution is -2.34. The molecule has 1 saturated carbocycles. The molecule has 5 heteroatoms. The van der Waals surface area contributed by atoms with Crippen molar-refractivity contribution in [3.63, 3.8) is 0 Å². The van der Waals surface area contributed by atoms with Gasteiger partial charge in [0, 0.05) is 37.4 Å². The van der Waals surface area contributed by atoms with E-state index in [1.54, 1.807) is 14.0 Å². The lowest BCUT2D eigenvalue weighted by molar-refractivity contribution is -0.129. The predicted octanol–water partition coefficient (Wildman–Crippen LogP) is 6.02. The molecule has 34 heavy (non-hydrogen) atoms. The Hall–Kier alpha value is -2.66. The fourth-order valence-electron chi connectivity index (χ4n) is 5.21. The molecule has 0 radical (unpaired) electrons. The zero-order valence-corrected chi connectivity index (χ0v) is 20.8. The van der Waals surface area contributed by atoms with Crippen LogP contribution in [0.25, 0.3) is 16.3 Å². The second-order valence-electron chi connectivity index (χ2n) is 9.96. The predicted molar refractivity (Wildman–Crippen MR) is 134 cm³/mol. The van der Waals surface area contributed by atoms with Crippen LogP contribution in [0.4, 0.5) is 0 Å². The van der Waals surface area contributed by atoms with Gasteiger partial charge in [-0.2, -0.15) is 0 Å². The van der Waals surface area contributed by atoms with Gasteiger partial charge in [0.2, 0.25) is 0 Å². The van der Waals surface area contributed by atoms with Crippen LogP contribution in [0.1, 0.15) is 58.4 Å². The summed E-state index contributed by atoms with van der Waals surface area (Å²) in [5, 5.41) is 2.08. The highest BCUT2D eigenvalue weighted by Gasteiger charge is 2.38. The van der Waals surface area contributed by atoms with Gasteiger partial charge < -0.3 is 19.0 Å². The summed E-state index contributed by atoms with van der Waals surface area (Å²) in [6, 6.07) is 10.1. The molecule has 1 aliphatic heterocycles. The number of Topliss-reactive ketones (excluding diaryl/α,β-unsaturated/α-hetero) is 2. The van der Waals surface area contributed by atoms with Crippen LogP contribution in [0.3, 0.4) is 0 Å². The van der Waals surface area contributed by atoms with Gasteiger partial charge in [-0.05, 0) is 79.6 Å². The number of fused-ring (bicyclic) bond motifs is 3. The molecule has 0 N–H and O–H groups in total. The number of ether oxygens (including phenoxy) is 3. The van der Waals surface area contributed by atoms with Gasteiger partial charge >= 0.3 is 0 Å². The molecule has 0 bridgehead atoms. The molecule has 2 aromatic carbocycles. The van der Waals surface area contributed by atoms with Gasteiger partial charge in [0.15, 0.2) is 0 Å². The monoisotopic (exact) mass is 464 g/mol. The lowest BCUT2D eigenvalue weighted by Gasteiger charge is -2.35. The molecule has 4 rings (SSSR count). The summed E-state index contributed by atoms with van der Waals surface area (Å²) in [6.07, 6.45) is 5.77. The van der Waals surface area contributed by atoms with E-state index in [1.165, 1.54) is 0 Å². The fourth-order valence-corrected chi connectivity index (χ4v) is 5.21. The summed E-state index contributed by atoms with van der Waals surface area (Å²) in [5.41, 5.74) is 2.00. The molecule has 2 atom stereocenters. The average Bonchev–Trinajstić information content (AvgIpc) is 2.95. The van der Waals surface area contributed by atoms with Crippen molar-refractivity contribution >= 4 is 27.9 Å². The van der Waals surface area contributed by atoms with E-state index in [4.69, 9.17) is 14.2 Å². The highest BCUT2D eigenvalue weighted by atomic mass is 16.5. The lowest BCUT2D eigenvalue weighted by atomic mass is 9.68. The summed E-state index contributed by atoms with van der Waals surface area (Å²) in [7, 11) is 1.65. The highest BCUT2D eigenvalue weighted by Crippen LogP contribution is 2.45. The first-order valence-corrected chi connectivity index (χ1v) is 12.5. The zero-order valence-electron chi connectivity index (χ0n) is 20.8. The molecule has 5 nitrogen and oxygen atoms in total. The highest BCUT2D eigenvalue weighted by molar-refractivity contribution is 6.04. The molecule has 0 saturated heterocycles. The molecule has 2 aliphatic rings. The maximum Gasteiger partial charge on any atom is 0.143 e. The van der Waals surface area contributed by atoms with E-state index in [9.17, 15) is 9.59 Å². The van der Waals surface area contributed by atoms with Crippen molar-refractivity contribution in [3.05, 3.63) is 42.0 Å². The Kier molecular flexibility index (Phi) is 7.72. The standard InChI is InChI=1S/C29H36O5/c1-18-15-22(16-18)29(31)26(9-5-19(2)30)25-10-6-20(3)34-27-12-7-21-17-23(33-14-13-32-4)8-11-24(21)28(25)27/h7-8,10-12,17-18,20,22,26H,5-6,9,13-16H2,1-4H3.